The summed E-state index contributed by atoms with van der Waals surface area (Å²) >= 11 is 0. The first kappa shape index (κ1) is 14.6. The van der Waals surface area contributed by atoms with Gasteiger partial charge in [-0.05, 0) is 31.5 Å². The van der Waals surface area contributed by atoms with E-state index in [4.69, 9.17) is 0 Å². The van der Waals surface area contributed by atoms with Gasteiger partial charge in [-0.1, -0.05) is 44.2 Å². The molecule has 3 nitrogen and oxygen atoms in total. The zero-order chi connectivity index (χ0) is 14.9. The van der Waals surface area contributed by atoms with Crippen LogP contribution in [-0.4, -0.2) is 47.9 Å². The molecule has 0 radical (unpaired) electrons. The van der Waals surface area contributed by atoms with Crippen molar-refractivity contribution in [2.45, 2.75) is 44.6 Å². The highest BCUT2D eigenvalue weighted by Crippen LogP contribution is 2.45. The van der Waals surface area contributed by atoms with Gasteiger partial charge in [0.2, 0.25) is 5.91 Å². The molecule has 0 spiro atoms. The highest BCUT2D eigenvalue weighted by atomic mass is 16.2. The molecule has 2 saturated heterocycles. The molecule has 0 saturated carbocycles. The number of likely N-dealkylation sites (N-methyl/N-ethyl adjacent to an activating group) is 1. The minimum absolute atomic E-state index is 0.252. The second-order valence-corrected chi connectivity index (χ2v) is 6.36. The topological polar surface area (TPSA) is 23.6 Å². The Balaban J connectivity index is 1.92. The average molecular weight is 286 g/mol. The second-order valence-electron chi connectivity index (χ2n) is 6.36. The summed E-state index contributed by atoms with van der Waals surface area (Å²) < 4.78 is 0. The number of benzene rings is 1. The van der Waals surface area contributed by atoms with Gasteiger partial charge >= 0.3 is 0 Å². The van der Waals surface area contributed by atoms with Gasteiger partial charge in [-0.2, -0.15) is 0 Å². The third kappa shape index (κ3) is 2.38. The monoisotopic (exact) mass is 286 g/mol. The van der Waals surface area contributed by atoms with Gasteiger partial charge in [-0.15, -0.1) is 0 Å². The summed E-state index contributed by atoms with van der Waals surface area (Å²) in [4.78, 5) is 16.8. The van der Waals surface area contributed by atoms with Gasteiger partial charge in [0.25, 0.3) is 0 Å². The Morgan fingerprint density at radius 3 is 2.57 bits per heavy atom. The highest BCUT2D eigenvalue weighted by Gasteiger charge is 2.51. The SMILES string of the molecule is CCC(=O)N1CC[C@]2(c3ccccc3)CCN(CC)[C@H]2C1. The number of rotatable bonds is 3. The van der Waals surface area contributed by atoms with Crippen molar-refractivity contribution < 1.29 is 4.79 Å². The molecule has 2 fully saturated rings. The van der Waals surface area contributed by atoms with Crippen LogP contribution in [0.4, 0.5) is 0 Å². The number of carbonyl (C=O) groups excluding carboxylic acids is 1. The fraction of sp³-hybridized carbons (Fsp3) is 0.611. The third-order valence-electron chi connectivity index (χ3n) is 5.55. The lowest BCUT2D eigenvalue weighted by Crippen LogP contribution is -2.56. The van der Waals surface area contributed by atoms with Crippen molar-refractivity contribution in [1.29, 1.82) is 0 Å². The van der Waals surface area contributed by atoms with Crippen LogP contribution in [0.2, 0.25) is 0 Å². The van der Waals surface area contributed by atoms with Gasteiger partial charge in [-0.3, -0.25) is 9.69 Å². The molecule has 1 aromatic rings. The van der Waals surface area contributed by atoms with Crippen molar-refractivity contribution in [2.24, 2.45) is 0 Å². The van der Waals surface area contributed by atoms with Crippen LogP contribution in [0.3, 0.4) is 0 Å². The molecule has 0 unspecified atom stereocenters. The van der Waals surface area contributed by atoms with E-state index in [0.717, 1.165) is 32.6 Å². The standard InChI is InChI=1S/C18H26N2O/c1-3-17(21)20-13-11-18(15-8-6-5-7-9-15)10-12-19(4-2)16(18)14-20/h5-9,16H,3-4,10-14H2,1-2H3/t16-,18-/m0/s1. The molecular formula is C18H26N2O. The van der Waals surface area contributed by atoms with Gasteiger partial charge in [0.1, 0.15) is 0 Å². The highest BCUT2D eigenvalue weighted by molar-refractivity contribution is 5.76. The maximum atomic E-state index is 12.1. The number of piperidine rings is 1. The van der Waals surface area contributed by atoms with Crippen molar-refractivity contribution in [2.75, 3.05) is 26.2 Å². The van der Waals surface area contributed by atoms with E-state index in [1.807, 2.05) is 6.92 Å². The van der Waals surface area contributed by atoms with E-state index < -0.39 is 0 Å². The molecule has 2 aliphatic rings. The number of carbonyl (C=O) groups is 1. The number of amides is 1. The average Bonchev–Trinajstić information content (AvgIpc) is 2.94. The molecule has 2 heterocycles. The zero-order valence-electron chi connectivity index (χ0n) is 13.2. The summed E-state index contributed by atoms with van der Waals surface area (Å²) in [6.07, 6.45) is 2.95. The maximum absolute atomic E-state index is 12.1. The predicted octanol–water partition coefficient (Wildman–Crippen LogP) is 2.66. The van der Waals surface area contributed by atoms with Crippen molar-refractivity contribution >= 4 is 5.91 Å². The first-order valence-electron chi connectivity index (χ1n) is 8.28. The molecule has 1 amide bonds. The molecule has 3 heteroatoms. The Kier molecular flexibility index (Phi) is 4.03. The fourth-order valence-electron chi connectivity index (χ4n) is 4.31. The van der Waals surface area contributed by atoms with Crippen molar-refractivity contribution in [3.05, 3.63) is 35.9 Å². The zero-order valence-corrected chi connectivity index (χ0v) is 13.2. The summed E-state index contributed by atoms with van der Waals surface area (Å²) in [6, 6.07) is 11.4. The molecule has 0 aromatic heterocycles. The van der Waals surface area contributed by atoms with Gasteiger partial charge in [-0.25, -0.2) is 0 Å². The second kappa shape index (κ2) is 5.80. The molecule has 3 rings (SSSR count). The molecular weight excluding hydrogens is 260 g/mol. The van der Waals surface area contributed by atoms with Crippen LogP contribution in [0.25, 0.3) is 0 Å². The van der Waals surface area contributed by atoms with E-state index in [0.29, 0.717) is 18.4 Å². The first-order valence-corrected chi connectivity index (χ1v) is 8.28. The number of fused-ring (bicyclic) bond motifs is 1. The lowest BCUT2D eigenvalue weighted by molar-refractivity contribution is -0.133. The molecule has 2 atom stereocenters. The quantitative estimate of drug-likeness (QED) is 0.853. The minimum Gasteiger partial charge on any atom is -0.341 e. The van der Waals surface area contributed by atoms with Crippen molar-refractivity contribution in [1.82, 2.24) is 9.80 Å². The van der Waals surface area contributed by atoms with Crippen LogP contribution in [0.5, 0.6) is 0 Å². The van der Waals surface area contributed by atoms with Gasteiger partial charge in [0, 0.05) is 31.0 Å². The Morgan fingerprint density at radius 2 is 1.90 bits per heavy atom. The molecule has 0 N–H and O–H groups in total. The first-order chi connectivity index (χ1) is 10.2. The Hall–Kier alpha value is -1.35. The molecule has 0 aliphatic carbocycles. The Labute approximate surface area is 127 Å². The molecule has 21 heavy (non-hydrogen) atoms. The number of hydrogen-bond donors (Lipinski definition) is 0. The summed E-state index contributed by atoms with van der Waals surface area (Å²) in [5.74, 6) is 0.305. The largest absolute Gasteiger partial charge is 0.341 e. The normalized spacial score (nSPS) is 29.4. The van der Waals surface area contributed by atoms with E-state index in [1.165, 1.54) is 12.0 Å². The number of likely N-dealkylation sites (tertiary alicyclic amines) is 2. The summed E-state index contributed by atoms with van der Waals surface area (Å²) in [7, 11) is 0. The fourth-order valence-corrected chi connectivity index (χ4v) is 4.31. The summed E-state index contributed by atoms with van der Waals surface area (Å²) in [5.41, 5.74) is 1.72. The van der Waals surface area contributed by atoms with Crippen molar-refractivity contribution in [3.8, 4) is 0 Å². The molecule has 0 bridgehead atoms. The van der Waals surface area contributed by atoms with E-state index in [-0.39, 0.29) is 5.41 Å². The van der Waals surface area contributed by atoms with Crippen LogP contribution in [0, 0.1) is 0 Å². The summed E-state index contributed by atoms with van der Waals surface area (Å²) in [6.45, 7) is 8.25. The molecule has 2 aliphatic heterocycles. The Bertz CT molecular complexity index is 501. The van der Waals surface area contributed by atoms with E-state index in [2.05, 4.69) is 47.1 Å². The van der Waals surface area contributed by atoms with Gasteiger partial charge in [0.15, 0.2) is 0 Å². The van der Waals surface area contributed by atoms with E-state index in [1.54, 1.807) is 0 Å². The Morgan fingerprint density at radius 1 is 1.19 bits per heavy atom. The van der Waals surface area contributed by atoms with Gasteiger partial charge < -0.3 is 4.90 Å². The third-order valence-corrected chi connectivity index (χ3v) is 5.55. The van der Waals surface area contributed by atoms with Crippen LogP contribution in [0.15, 0.2) is 30.3 Å². The maximum Gasteiger partial charge on any atom is 0.222 e. The van der Waals surface area contributed by atoms with Crippen LogP contribution < -0.4 is 0 Å². The lowest BCUT2D eigenvalue weighted by Gasteiger charge is -2.46. The smallest absolute Gasteiger partial charge is 0.222 e. The van der Waals surface area contributed by atoms with Crippen molar-refractivity contribution in [3.63, 3.8) is 0 Å². The number of nitrogens with zero attached hydrogens (tertiary/aromatic N) is 2. The minimum atomic E-state index is 0.252. The van der Waals surface area contributed by atoms with Crippen LogP contribution in [0.1, 0.15) is 38.7 Å². The molecule has 1 aromatic carbocycles. The number of hydrogen-bond acceptors (Lipinski definition) is 2. The van der Waals surface area contributed by atoms with Crippen LogP contribution >= 0.6 is 0 Å². The van der Waals surface area contributed by atoms with E-state index >= 15 is 0 Å². The van der Waals surface area contributed by atoms with Gasteiger partial charge in [0.05, 0.1) is 0 Å². The van der Waals surface area contributed by atoms with Crippen LogP contribution in [-0.2, 0) is 10.2 Å². The lowest BCUT2D eigenvalue weighted by atomic mass is 9.69. The summed E-state index contributed by atoms with van der Waals surface area (Å²) in [5, 5.41) is 0. The predicted molar refractivity (Wildman–Crippen MR) is 85.3 cm³/mol. The molecule has 114 valence electrons. The van der Waals surface area contributed by atoms with E-state index in [9.17, 15) is 4.79 Å².